The molecule has 0 saturated carbocycles. The predicted molar refractivity (Wildman–Crippen MR) is 115 cm³/mol. The van der Waals surface area contributed by atoms with Gasteiger partial charge in [0.2, 0.25) is 0 Å². The van der Waals surface area contributed by atoms with Gasteiger partial charge >= 0.3 is 0 Å². The Bertz CT molecular complexity index is 572. The van der Waals surface area contributed by atoms with Crippen LogP contribution in [0.3, 0.4) is 0 Å². The number of morpholine rings is 1. The Balaban J connectivity index is 0.00000312. The lowest BCUT2D eigenvalue weighted by Gasteiger charge is -2.33. The van der Waals surface area contributed by atoms with Crippen LogP contribution < -0.4 is 15.8 Å². The first-order chi connectivity index (χ1) is 11.5. The second-order valence-corrected chi connectivity index (χ2v) is 6.75. The monoisotopic (exact) mass is 482 g/mol. The van der Waals surface area contributed by atoms with E-state index in [2.05, 4.69) is 29.1 Å². The molecule has 0 spiro atoms. The summed E-state index contributed by atoms with van der Waals surface area (Å²) in [4.78, 5) is 6.80. The summed E-state index contributed by atoms with van der Waals surface area (Å²) in [6, 6.07) is 5.38. The van der Waals surface area contributed by atoms with Crippen molar-refractivity contribution in [2.24, 2.45) is 16.6 Å². The molecule has 1 aromatic rings. The lowest BCUT2D eigenvalue weighted by molar-refractivity contribution is -0.0261. The number of hydrogen-bond acceptors (Lipinski definition) is 4. The average molecular weight is 483 g/mol. The highest BCUT2D eigenvalue weighted by atomic mass is 127. The van der Waals surface area contributed by atoms with Crippen molar-refractivity contribution in [3.8, 4) is 5.75 Å². The highest BCUT2D eigenvalue weighted by molar-refractivity contribution is 14.0. The summed E-state index contributed by atoms with van der Waals surface area (Å²) in [5.41, 5.74) is 6.73. The quantitative estimate of drug-likeness (QED) is 0.370. The number of rotatable bonds is 6. The van der Waals surface area contributed by atoms with Crippen LogP contribution in [0.2, 0.25) is 5.02 Å². The molecule has 1 saturated heterocycles. The Kier molecular flexibility index (Phi) is 9.84. The largest absolute Gasteiger partial charge is 0.495 e. The number of anilines is 1. The molecule has 1 fully saturated rings. The van der Waals surface area contributed by atoms with E-state index < -0.39 is 0 Å². The molecule has 8 heteroatoms. The zero-order chi connectivity index (χ0) is 17.5. The van der Waals surface area contributed by atoms with Crippen molar-refractivity contribution in [3.05, 3.63) is 23.2 Å². The van der Waals surface area contributed by atoms with Gasteiger partial charge in [-0.05, 0) is 24.1 Å². The summed E-state index contributed by atoms with van der Waals surface area (Å²) in [6.07, 6.45) is 0.0808. The lowest BCUT2D eigenvalue weighted by atomic mass is 10.2. The standard InChI is InChI=1S/C17H27ClN4O2.HI/c1-12(2)10-22-6-7-24-14(11-22)9-20-17(19)21-13-4-5-16(23-3)15(18)8-13;/h4-5,8,12,14H,6-7,9-11H2,1-3H3,(H3,19,20,21);1H. The second-order valence-electron chi connectivity index (χ2n) is 6.35. The van der Waals surface area contributed by atoms with Crippen LogP contribution in [0.5, 0.6) is 5.75 Å². The number of hydrogen-bond donors (Lipinski definition) is 2. The van der Waals surface area contributed by atoms with Gasteiger partial charge in [0.1, 0.15) is 5.75 Å². The summed E-state index contributed by atoms with van der Waals surface area (Å²) in [7, 11) is 1.58. The fourth-order valence-electron chi connectivity index (χ4n) is 2.70. The summed E-state index contributed by atoms with van der Waals surface area (Å²) in [6.45, 7) is 8.70. The van der Waals surface area contributed by atoms with Gasteiger partial charge in [-0.3, -0.25) is 9.89 Å². The Labute approximate surface area is 172 Å². The SMILES string of the molecule is COc1ccc(NC(N)=NCC2CN(CC(C)C)CCO2)cc1Cl.I. The maximum absolute atomic E-state index is 6.10. The van der Waals surface area contributed by atoms with Crippen molar-refractivity contribution in [2.45, 2.75) is 20.0 Å². The van der Waals surface area contributed by atoms with E-state index in [9.17, 15) is 0 Å². The third-order valence-corrected chi connectivity index (χ3v) is 4.03. The lowest BCUT2D eigenvalue weighted by Crippen LogP contribution is -2.45. The van der Waals surface area contributed by atoms with Gasteiger partial charge in [-0.2, -0.15) is 0 Å². The van der Waals surface area contributed by atoms with Gasteiger partial charge in [-0.1, -0.05) is 25.4 Å². The van der Waals surface area contributed by atoms with Crippen LogP contribution >= 0.6 is 35.6 Å². The number of methoxy groups -OCH3 is 1. The van der Waals surface area contributed by atoms with E-state index in [1.165, 1.54) is 0 Å². The number of benzene rings is 1. The molecule has 0 aromatic heterocycles. The minimum absolute atomic E-state index is 0. The third-order valence-electron chi connectivity index (χ3n) is 3.74. The molecule has 25 heavy (non-hydrogen) atoms. The highest BCUT2D eigenvalue weighted by Crippen LogP contribution is 2.27. The number of halogens is 2. The molecule has 1 aliphatic rings. The first-order valence-electron chi connectivity index (χ1n) is 8.22. The third kappa shape index (κ3) is 7.55. The topological polar surface area (TPSA) is 72.1 Å². The fourth-order valence-corrected chi connectivity index (χ4v) is 2.96. The molecule has 1 aromatic carbocycles. The zero-order valence-electron chi connectivity index (χ0n) is 15.0. The molecule has 142 valence electrons. The average Bonchev–Trinajstić information content (AvgIpc) is 2.53. The summed E-state index contributed by atoms with van der Waals surface area (Å²) in [5.74, 6) is 1.62. The normalized spacial score (nSPS) is 18.8. The van der Waals surface area contributed by atoms with E-state index in [1.807, 2.05) is 6.07 Å². The molecule has 0 amide bonds. The van der Waals surface area contributed by atoms with E-state index >= 15 is 0 Å². The van der Waals surface area contributed by atoms with Crippen molar-refractivity contribution in [2.75, 3.05) is 45.2 Å². The number of ether oxygens (including phenoxy) is 2. The molecule has 1 aliphatic heterocycles. The van der Waals surface area contributed by atoms with Crippen molar-refractivity contribution >= 4 is 47.2 Å². The Morgan fingerprint density at radius 2 is 2.28 bits per heavy atom. The van der Waals surface area contributed by atoms with Crippen LogP contribution in [-0.4, -0.2) is 56.9 Å². The van der Waals surface area contributed by atoms with Crippen LogP contribution in [0.25, 0.3) is 0 Å². The highest BCUT2D eigenvalue weighted by Gasteiger charge is 2.20. The fraction of sp³-hybridized carbons (Fsp3) is 0.588. The molecular formula is C17H28ClIN4O2. The molecule has 1 atom stereocenters. The minimum atomic E-state index is 0. The van der Waals surface area contributed by atoms with Gasteiger partial charge in [-0.25, -0.2) is 0 Å². The first kappa shape index (κ1) is 22.3. The number of guanidine groups is 1. The van der Waals surface area contributed by atoms with E-state index in [4.69, 9.17) is 26.8 Å². The maximum Gasteiger partial charge on any atom is 0.193 e. The van der Waals surface area contributed by atoms with Gasteiger partial charge in [0.05, 0.1) is 31.4 Å². The summed E-state index contributed by atoms with van der Waals surface area (Å²) in [5, 5.41) is 3.56. The zero-order valence-corrected chi connectivity index (χ0v) is 18.1. The maximum atomic E-state index is 6.10. The van der Waals surface area contributed by atoms with Crippen molar-refractivity contribution < 1.29 is 9.47 Å². The molecule has 6 nitrogen and oxygen atoms in total. The molecule has 0 bridgehead atoms. The Morgan fingerprint density at radius 1 is 1.52 bits per heavy atom. The van der Waals surface area contributed by atoms with E-state index in [1.54, 1.807) is 19.2 Å². The van der Waals surface area contributed by atoms with Gasteiger partial charge in [0.15, 0.2) is 5.96 Å². The van der Waals surface area contributed by atoms with Crippen molar-refractivity contribution in [1.82, 2.24) is 4.90 Å². The Morgan fingerprint density at radius 3 is 2.92 bits per heavy atom. The van der Waals surface area contributed by atoms with Gasteiger partial charge in [0, 0.05) is 25.3 Å². The van der Waals surface area contributed by atoms with E-state index in [-0.39, 0.29) is 30.1 Å². The number of nitrogens with two attached hydrogens (primary N) is 1. The van der Waals surface area contributed by atoms with Gasteiger partial charge in [-0.15, -0.1) is 24.0 Å². The summed E-state index contributed by atoms with van der Waals surface area (Å²) < 4.78 is 10.9. The number of nitrogens with one attached hydrogen (secondary N) is 1. The van der Waals surface area contributed by atoms with E-state index in [0.717, 1.165) is 31.9 Å². The minimum Gasteiger partial charge on any atom is -0.495 e. The van der Waals surface area contributed by atoms with Crippen LogP contribution in [0.1, 0.15) is 13.8 Å². The van der Waals surface area contributed by atoms with Crippen LogP contribution in [0, 0.1) is 5.92 Å². The molecule has 1 heterocycles. The molecule has 0 aliphatic carbocycles. The van der Waals surface area contributed by atoms with Crippen LogP contribution in [0.4, 0.5) is 5.69 Å². The smallest absolute Gasteiger partial charge is 0.193 e. The van der Waals surface area contributed by atoms with Crippen molar-refractivity contribution in [1.29, 1.82) is 0 Å². The second kappa shape index (κ2) is 11.1. The van der Waals surface area contributed by atoms with E-state index in [0.29, 0.717) is 29.2 Å². The molecule has 0 radical (unpaired) electrons. The van der Waals surface area contributed by atoms with Crippen LogP contribution in [-0.2, 0) is 4.74 Å². The van der Waals surface area contributed by atoms with Crippen LogP contribution in [0.15, 0.2) is 23.2 Å². The summed E-state index contributed by atoms with van der Waals surface area (Å²) >= 11 is 6.10. The predicted octanol–water partition coefficient (Wildman–Crippen LogP) is 3.05. The first-order valence-corrected chi connectivity index (χ1v) is 8.60. The molecular weight excluding hydrogens is 455 g/mol. The van der Waals surface area contributed by atoms with Crippen molar-refractivity contribution in [3.63, 3.8) is 0 Å². The van der Waals surface area contributed by atoms with Gasteiger partial charge < -0.3 is 20.5 Å². The van der Waals surface area contributed by atoms with Gasteiger partial charge in [0.25, 0.3) is 0 Å². The number of nitrogens with zero attached hydrogens (tertiary/aromatic N) is 2. The molecule has 3 N–H and O–H groups in total. The molecule has 1 unspecified atom stereocenters. The Hall–Kier alpha value is -0.770. The number of aliphatic imine (C=N–C) groups is 1. The molecule has 2 rings (SSSR count).